The van der Waals surface area contributed by atoms with E-state index in [1.807, 2.05) is 0 Å². The smallest absolute Gasteiger partial charge is 0.324 e. The van der Waals surface area contributed by atoms with Crippen molar-refractivity contribution in [1.29, 1.82) is 0 Å². The number of aliphatic carboxylic acids is 1. The van der Waals surface area contributed by atoms with Gasteiger partial charge in [-0.05, 0) is 61.7 Å². The molecule has 0 amide bonds. The molecule has 7 nitrogen and oxygen atoms in total. The van der Waals surface area contributed by atoms with E-state index in [1.165, 1.54) is 36.4 Å². The van der Waals surface area contributed by atoms with Crippen molar-refractivity contribution in [3.63, 3.8) is 0 Å². The summed E-state index contributed by atoms with van der Waals surface area (Å²) in [7, 11) is -4.02. The average molecular weight is 437 g/mol. The summed E-state index contributed by atoms with van der Waals surface area (Å²) in [5.41, 5.74) is 0.771. The molecule has 30 heavy (non-hydrogen) atoms. The van der Waals surface area contributed by atoms with Gasteiger partial charge < -0.3 is 14.6 Å². The van der Waals surface area contributed by atoms with E-state index in [0.29, 0.717) is 25.2 Å². The highest BCUT2D eigenvalue weighted by atomic mass is 32.2. The lowest BCUT2D eigenvalue weighted by atomic mass is 10.0. The Bertz CT molecular complexity index is 960. The van der Waals surface area contributed by atoms with Gasteiger partial charge in [0.1, 0.15) is 24.2 Å². The number of piperidine rings is 1. The number of hydrogen-bond acceptors (Lipinski definition) is 5. The van der Waals surface area contributed by atoms with Gasteiger partial charge in [-0.3, -0.25) is 4.79 Å². The van der Waals surface area contributed by atoms with E-state index in [1.54, 1.807) is 19.1 Å². The fraction of sp³-hybridized carbons (Fsp3) is 0.381. The lowest BCUT2D eigenvalue weighted by molar-refractivity contribution is -0.149. The van der Waals surface area contributed by atoms with Gasteiger partial charge in [-0.1, -0.05) is 12.1 Å². The molecule has 2 aromatic rings. The Balaban J connectivity index is 1.75. The lowest BCUT2D eigenvalue weighted by Crippen LogP contribution is -2.55. The van der Waals surface area contributed by atoms with Crippen molar-refractivity contribution in [3.05, 3.63) is 59.9 Å². The first-order valence-corrected chi connectivity index (χ1v) is 11.1. The van der Waals surface area contributed by atoms with Gasteiger partial charge in [-0.15, -0.1) is 0 Å². The van der Waals surface area contributed by atoms with E-state index in [-0.39, 0.29) is 23.9 Å². The highest BCUT2D eigenvalue weighted by molar-refractivity contribution is 7.89. The van der Waals surface area contributed by atoms with Crippen LogP contribution in [0.2, 0.25) is 0 Å². The van der Waals surface area contributed by atoms with E-state index < -0.39 is 28.1 Å². The standard InChI is InChI=1S/C21H24FNO6S/c1-2-28-19-4-3-13-23(20(19)21(24)25)30(26,27)18-11-9-17(10-12-18)29-14-15-5-7-16(22)8-6-15/h5-12,19-20H,2-4,13-14H2,1H3,(H,24,25). The first-order valence-electron chi connectivity index (χ1n) is 9.66. The van der Waals surface area contributed by atoms with Crippen LogP contribution in [0.15, 0.2) is 53.4 Å². The Morgan fingerprint density at radius 2 is 1.83 bits per heavy atom. The van der Waals surface area contributed by atoms with Gasteiger partial charge in [0.25, 0.3) is 0 Å². The van der Waals surface area contributed by atoms with Gasteiger partial charge in [0.05, 0.1) is 11.0 Å². The molecule has 2 atom stereocenters. The molecule has 2 aromatic carbocycles. The fourth-order valence-corrected chi connectivity index (χ4v) is 5.11. The van der Waals surface area contributed by atoms with Crippen LogP contribution >= 0.6 is 0 Å². The number of halogens is 1. The van der Waals surface area contributed by atoms with E-state index in [4.69, 9.17) is 9.47 Å². The molecule has 162 valence electrons. The van der Waals surface area contributed by atoms with Crippen molar-refractivity contribution in [2.24, 2.45) is 0 Å². The predicted octanol–water partition coefficient (Wildman–Crippen LogP) is 3.05. The van der Waals surface area contributed by atoms with Crippen LogP contribution in [-0.2, 0) is 26.2 Å². The van der Waals surface area contributed by atoms with Crippen LogP contribution in [0, 0.1) is 5.82 Å². The Morgan fingerprint density at radius 3 is 2.43 bits per heavy atom. The lowest BCUT2D eigenvalue weighted by Gasteiger charge is -2.37. The van der Waals surface area contributed by atoms with Crippen molar-refractivity contribution in [2.75, 3.05) is 13.2 Å². The Hall–Kier alpha value is -2.49. The summed E-state index contributed by atoms with van der Waals surface area (Å²) in [6.45, 7) is 2.38. The number of carboxylic acids is 1. The summed E-state index contributed by atoms with van der Waals surface area (Å²) in [6, 6.07) is 10.4. The Kier molecular flexibility index (Phi) is 7.06. The van der Waals surface area contributed by atoms with Gasteiger partial charge in [0, 0.05) is 13.2 Å². The van der Waals surface area contributed by atoms with Crippen LogP contribution in [0.5, 0.6) is 5.75 Å². The fourth-order valence-electron chi connectivity index (χ4n) is 3.46. The molecule has 1 saturated heterocycles. The molecular weight excluding hydrogens is 413 g/mol. The second kappa shape index (κ2) is 9.55. The van der Waals surface area contributed by atoms with E-state index in [0.717, 1.165) is 9.87 Å². The van der Waals surface area contributed by atoms with Gasteiger partial charge in [-0.2, -0.15) is 4.31 Å². The molecule has 3 rings (SSSR count). The zero-order valence-corrected chi connectivity index (χ0v) is 17.3. The summed E-state index contributed by atoms with van der Waals surface area (Å²) in [6.07, 6.45) is 0.328. The quantitative estimate of drug-likeness (QED) is 0.682. The summed E-state index contributed by atoms with van der Waals surface area (Å²) in [5.74, 6) is -1.12. The highest BCUT2D eigenvalue weighted by Gasteiger charge is 2.43. The molecular formula is C21H24FNO6S. The SMILES string of the molecule is CCOC1CCCN(S(=O)(=O)c2ccc(OCc3ccc(F)cc3)cc2)C1C(=O)O. The van der Waals surface area contributed by atoms with Crippen molar-refractivity contribution < 1.29 is 32.2 Å². The largest absolute Gasteiger partial charge is 0.489 e. The predicted molar refractivity (Wildman–Crippen MR) is 107 cm³/mol. The molecule has 0 aromatic heterocycles. The van der Waals surface area contributed by atoms with Crippen LogP contribution in [0.1, 0.15) is 25.3 Å². The third-order valence-corrected chi connectivity index (χ3v) is 6.81. The normalized spacial score (nSPS) is 20.1. The topological polar surface area (TPSA) is 93.1 Å². The first-order chi connectivity index (χ1) is 14.3. The molecule has 0 aliphatic carbocycles. The molecule has 9 heteroatoms. The van der Waals surface area contributed by atoms with Crippen LogP contribution in [-0.4, -0.2) is 49.1 Å². The zero-order valence-electron chi connectivity index (χ0n) is 16.5. The molecule has 0 spiro atoms. The van der Waals surface area contributed by atoms with Crippen molar-refractivity contribution in [3.8, 4) is 5.75 Å². The van der Waals surface area contributed by atoms with Crippen molar-refractivity contribution >= 4 is 16.0 Å². The number of sulfonamides is 1. The van der Waals surface area contributed by atoms with Crippen molar-refractivity contribution in [2.45, 2.75) is 43.4 Å². The minimum Gasteiger partial charge on any atom is -0.489 e. The zero-order chi connectivity index (χ0) is 21.7. The monoisotopic (exact) mass is 437 g/mol. The van der Waals surface area contributed by atoms with Gasteiger partial charge in [0.15, 0.2) is 0 Å². The van der Waals surface area contributed by atoms with E-state index >= 15 is 0 Å². The number of rotatable bonds is 8. The molecule has 0 saturated carbocycles. The van der Waals surface area contributed by atoms with E-state index in [9.17, 15) is 22.7 Å². The molecule has 0 bridgehead atoms. The number of ether oxygens (including phenoxy) is 2. The second-order valence-corrected chi connectivity index (χ2v) is 8.81. The summed E-state index contributed by atoms with van der Waals surface area (Å²) >= 11 is 0. The second-order valence-electron chi connectivity index (χ2n) is 6.92. The van der Waals surface area contributed by atoms with Crippen molar-refractivity contribution in [1.82, 2.24) is 4.31 Å². The summed E-state index contributed by atoms with van der Waals surface area (Å²) in [4.78, 5) is 11.8. The number of nitrogens with zero attached hydrogens (tertiary/aromatic N) is 1. The van der Waals surface area contributed by atoms with Crippen LogP contribution < -0.4 is 4.74 Å². The third-order valence-electron chi connectivity index (χ3n) is 4.91. The molecule has 2 unspecified atom stereocenters. The number of carboxylic acid groups (broad SMARTS) is 1. The summed E-state index contributed by atoms with van der Waals surface area (Å²) in [5, 5.41) is 9.63. The molecule has 1 aliphatic rings. The molecule has 1 heterocycles. The molecule has 1 fully saturated rings. The maximum Gasteiger partial charge on any atom is 0.324 e. The van der Waals surface area contributed by atoms with E-state index in [2.05, 4.69) is 0 Å². The maximum absolute atomic E-state index is 13.1. The number of benzene rings is 2. The average Bonchev–Trinajstić information content (AvgIpc) is 2.73. The third kappa shape index (κ3) is 4.97. The minimum atomic E-state index is -4.02. The Morgan fingerprint density at radius 1 is 1.17 bits per heavy atom. The van der Waals surface area contributed by atoms with Gasteiger partial charge in [0.2, 0.25) is 10.0 Å². The van der Waals surface area contributed by atoms with Crippen LogP contribution in [0.4, 0.5) is 4.39 Å². The van der Waals surface area contributed by atoms with Crippen LogP contribution in [0.25, 0.3) is 0 Å². The molecule has 0 radical (unpaired) electrons. The Labute approximate surface area is 175 Å². The first kappa shape index (κ1) is 22.2. The minimum absolute atomic E-state index is 0.0139. The number of carbonyl (C=O) groups is 1. The molecule has 1 aliphatic heterocycles. The summed E-state index contributed by atoms with van der Waals surface area (Å²) < 4.78 is 51.3. The van der Waals surface area contributed by atoms with Gasteiger partial charge in [-0.25, -0.2) is 12.8 Å². The number of hydrogen-bond donors (Lipinski definition) is 1. The highest BCUT2D eigenvalue weighted by Crippen LogP contribution is 2.28. The maximum atomic E-state index is 13.1. The molecule has 1 N–H and O–H groups in total. The van der Waals surface area contributed by atoms with Gasteiger partial charge >= 0.3 is 5.97 Å². The van der Waals surface area contributed by atoms with Crippen LogP contribution in [0.3, 0.4) is 0 Å².